The van der Waals surface area contributed by atoms with Crippen molar-refractivity contribution >= 4 is 23.2 Å². The molecule has 0 aromatic carbocycles. The van der Waals surface area contributed by atoms with Gasteiger partial charge in [-0.05, 0) is 24.5 Å². The van der Waals surface area contributed by atoms with Gasteiger partial charge in [0.1, 0.15) is 4.88 Å². The van der Waals surface area contributed by atoms with E-state index < -0.39 is 5.97 Å². The monoisotopic (exact) mass is 239 g/mol. The molecule has 0 radical (unpaired) electrons. The first kappa shape index (κ1) is 11.1. The van der Waals surface area contributed by atoms with E-state index in [1.54, 1.807) is 13.0 Å². The number of nitrogens with zero attached hydrogens (tertiary/aromatic N) is 1. The van der Waals surface area contributed by atoms with Crippen molar-refractivity contribution in [3.8, 4) is 0 Å². The fourth-order valence-corrected chi connectivity index (χ4v) is 2.95. The molecule has 0 saturated carbocycles. The van der Waals surface area contributed by atoms with E-state index in [1.807, 2.05) is 4.90 Å². The van der Waals surface area contributed by atoms with E-state index in [-0.39, 0.29) is 5.91 Å². The average Bonchev–Trinajstić information content (AvgIpc) is 2.52. The van der Waals surface area contributed by atoms with E-state index >= 15 is 0 Å². The molecule has 0 fully saturated rings. The van der Waals surface area contributed by atoms with Crippen LogP contribution in [0.3, 0.4) is 0 Å². The molecule has 1 amide bonds. The second-order valence-electron chi connectivity index (χ2n) is 3.87. The number of carboxylic acid groups (broad SMARTS) is 1. The van der Waals surface area contributed by atoms with Crippen LogP contribution in [-0.4, -0.2) is 35.0 Å². The van der Waals surface area contributed by atoms with Crippen LogP contribution in [0.15, 0.2) is 6.07 Å². The quantitative estimate of drug-likeness (QED) is 0.805. The van der Waals surface area contributed by atoms with Gasteiger partial charge in [0, 0.05) is 24.9 Å². The van der Waals surface area contributed by atoms with Gasteiger partial charge in [0.15, 0.2) is 0 Å². The van der Waals surface area contributed by atoms with E-state index in [1.165, 1.54) is 11.3 Å². The lowest BCUT2D eigenvalue weighted by atomic mass is 10.1. The van der Waals surface area contributed by atoms with E-state index in [2.05, 4.69) is 0 Å². The third-order valence-corrected chi connectivity index (χ3v) is 4.04. The number of carbonyl (C=O) groups is 2. The molecule has 4 nitrogen and oxygen atoms in total. The van der Waals surface area contributed by atoms with E-state index in [0.29, 0.717) is 18.0 Å². The summed E-state index contributed by atoms with van der Waals surface area (Å²) in [6.07, 6.45) is 1.53. The van der Waals surface area contributed by atoms with E-state index in [4.69, 9.17) is 5.11 Å². The minimum atomic E-state index is -0.860. The largest absolute Gasteiger partial charge is 0.477 e. The fraction of sp³-hybridized carbons (Fsp3) is 0.455. The summed E-state index contributed by atoms with van der Waals surface area (Å²) in [5, 5.41) is 8.89. The van der Waals surface area contributed by atoms with Crippen LogP contribution in [0.2, 0.25) is 0 Å². The Hall–Kier alpha value is -1.36. The van der Waals surface area contributed by atoms with Gasteiger partial charge in [-0.3, -0.25) is 4.79 Å². The van der Waals surface area contributed by atoms with Crippen LogP contribution in [-0.2, 0) is 17.6 Å². The lowest BCUT2D eigenvalue weighted by molar-refractivity contribution is -0.128. The molecule has 1 aliphatic rings. The highest BCUT2D eigenvalue weighted by molar-refractivity contribution is 7.14. The lowest BCUT2D eigenvalue weighted by Crippen LogP contribution is -2.30. The van der Waals surface area contributed by atoms with Crippen molar-refractivity contribution in [2.24, 2.45) is 0 Å². The maximum atomic E-state index is 11.2. The molecule has 0 saturated heterocycles. The summed E-state index contributed by atoms with van der Waals surface area (Å²) in [6, 6.07) is 1.74. The fourth-order valence-electron chi connectivity index (χ4n) is 1.91. The smallest absolute Gasteiger partial charge is 0.345 e. The van der Waals surface area contributed by atoms with Crippen LogP contribution in [0.1, 0.15) is 27.0 Å². The molecule has 0 atom stereocenters. The predicted molar refractivity (Wildman–Crippen MR) is 60.9 cm³/mol. The van der Waals surface area contributed by atoms with Gasteiger partial charge in [0.05, 0.1) is 0 Å². The maximum absolute atomic E-state index is 11.2. The highest BCUT2D eigenvalue weighted by Crippen LogP contribution is 2.26. The Morgan fingerprint density at radius 1 is 1.38 bits per heavy atom. The van der Waals surface area contributed by atoms with Gasteiger partial charge in [0.2, 0.25) is 5.91 Å². The number of hydrogen-bond acceptors (Lipinski definition) is 3. The SMILES string of the molecule is CC(=O)N1CCc2cc(C(=O)O)sc2CC1. The molecule has 1 aromatic heterocycles. The van der Waals surface area contributed by atoms with Crippen LogP contribution in [0.4, 0.5) is 0 Å². The van der Waals surface area contributed by atoms with Crippen molar-refractivity contribution in [1.82, 2.24) is 4.90 Å². The molecule has 0 aliphatic carbocycles. The van der Waals surface area contributed by atoms with Gasteiger partial charge >= 0.3 is 5.97 Å². The molecule has 86 valence electrons. The second-order valence-corrected chi connectivity index (χ2v) is 5.01. The number of thiophene rings is 1. The van der Waals surface area contributed by atoms with Crippen molar-refractivity contribution in [3.63, 3.8) is 0 Å². The van der Waals surface area contributed by atoms with Crippen LogP contribution < -0.4 is 0 Å². The van der Waals surface area contributed by atoms with E-state index in [0.717, 1.165) is 23.3 Å². The Kier molecular flexibility index (Phi) is 2.96. The Morgan fingerprint density at radius 3 is 2.69 bits per heavy atom. The number of fused-ring (bicyclic) bond motifs is 1. The van der Waals surface area contributed by atoms with Crippen molar-refractivity contribution in [2.45, 2.75) is 19.8 Å². The zero-order valence-electron chi connectivity index (χ0n) is 9.02. The lowest BCUT2D eigenvalue weighted by Gasteiger charge is -2.17. The minimum absolute atomic E-state index is 0.0913. The number of carboxylic acids is 1. The Balaban J connectivity index is 2.18. The zero-order valence-corrected chi connectivity index (χ0v) is 9.84. The summed E-state index contributed by atoms with van der Waals surface area (Å²) in [4.78, 5) is 25.4. The van der Waals surface area contributed by atoms with Gasteiger partial charge in [-0.15, -0.1) is 11.3 Å². The molecule has 1 aliphatic heterocycles. The highest BCUT2D eigenvalue weighted by atomic mass is 32.1. The van der Waals surface area contributed by atoms with Gasteiger partial charge < -0.3 is 10.0 Å². The van der Waals surface area contributed by atoms with Crippen molar-refractivity contribution in [1.29, 1.82) is 0 Å². The summed E-state index contributed by atoms with van der Waals surface area (Å²) in [6.45, 7) is 2.96. The maximum Gasteiger partial charge on any atom is 0.345 e. The van der Waals surface area contributed by atoms with Gasteiger partial charge in [-0.1, -0.05) is 0 Å². The topological polar surface area (TPSA) is 57.6 Å². The normalized spacial score (nSPS) is 15.4. The molecule has 1 aromatic rings. The summed E-state index contributed by atoms with van der Waals surface area (Å²) in [5.41, 5.74) is 1.09. The zero-order chi connectivity index (χ0) is 11.7. The first-order chi connectivity index (χ1) is 7.58. The van der Waals surface area contributed by atoms with Crippen LogP contribution in [0.5, 0.6) is 0 Å². The Bertz CT molecular complexity index is 413. The predicted octanol–water partition coefficient (Wildman–Crippen LogP) is 1.39. The molecule has 5 heteroatoms. The second kappa shape index (κ2) is 4.25. The Morgan fingerprint density at radius 2 is 2.06 bits per heavy atom. The molecule has 0 spiro atoms. The third-order valence-electron chi connectivity index (χ3n) is 2.81. The van der Waals surface area contributed by atoms with Crippen LogP contribution in [0.25, 0.3) is 0 Å². The molecular weight excluding hydrogens is 226 g/mol. The minimum Gasteiger partial charge on any atom is -0.477 e. The summed E-state index contributed by atoms with van der Waals surface area (Å²) in [5.74, 6) is -0.768. The van der Waals surface area contributed by atoms with Crippen LogP contribution in [0, 0.1) is 0 Å². The van der Waals surface area contributed by atoms with Gasteiger partial charge in [-0.2, -0.15) is 0 Å². The number of amides is 1. The molecule has 0 unspecified atom stereocenters. The molecule has 0 bridgehead atoms. The van der Waals surface area contributed by atoms with Crippen molar-refractivity contribution in [2.75, 3.05) is 13.1 Å². The molecule has 16 heavy (non-hydrogen) atoms. The summed E-state index contributed by atoms with van der Waals surface area (Å²) < 4.78 is 0. The number of hydrogen-bond donors (Lipinski definition) is 1. The molecule has 2 rings (SSSR count). The van der Waals surface area contributed by atoms with Crippen LogP contribution >= 0.6 is 11.3 Å². The van der Waals surface area contributed by atoms with Gasteiger partial charge in [-0.25, -0.2) is 4.79 Å². The standard InChI is InChI=1S/C11H13NO3S/c1-7(13)12-4-2-8-6-10(11(14)15)16-9(8)3-5-12/h6H,2-5H2,1H3,(H,14,15). The molecule has 1 N–H and O–H groups in total. The van der Waals surface area contributed by atoms with Crippen molar-refractivity contribution in [3.05, 3.63) is 21.4 Å². The first-order valence-corrected chi connectivity index (χ1v) is 6.00. The molecular formula is C11H13NO3S. The average molecular weight is 239 g/mol. The van der Waals surface area contributed by atoms with Gasteiger partial charge in [0.25, 0.3) is 0 Å². The number of carbonyl (C=O) groups excluding carboxylic acids is 1. The first-order valence-electron chi connectivity index (χ1n) is 5.18. The third kappa shape index (κ3) is 2.09. The van der Waals surface area contributed by atoms with E-state index in [9.17, 15) is 9.59 Å². The number of rotatable bonds is 1. The summed E-state index contributed by atoms with van der Waals surface area (Å²) >= 11 is 1.33. The number of aromatic carboxylic acids is 1. The molecule has 2 heterocycles. The highest BCUT2D eigenvalue weighted by Gasteiger charge is 2.19. The van der Waals surface area contributed by atoms with Crippen molar-refractivity contribution < 1.29 is 14.7 Å². The summed E-state index contributed by atoms with van der Waals surface area (Å²) in [7, 11) is 0. The Labute approximate surface area is 97.5 Å².